The fourth-order valence-corrected chi connectivity index (χ4v) is 1.65. The summed E-state index contributed by atoms with van der Waals surface area (Å²) in [5, 5.41) is 18.0. The van der Waals surface area contributed by atoms with Gasteiger partial charge in [-0.3, -0.25) is 0 Å². The predicted molar refractivity (Wildman–Crippen MR) is 66.6 cm³/mol. The van der Waals surface area contributed by atoms with Crippen LogP contribution in [0.3, 0.4) is 0 Å². The molecule has 2 N–H and O–H groups in total. The topological polar surface area (TPSA) is 43.7 Å². The van der Waals surface area contributed by atoms with Crippen LogP contribution < -0.4 is 4.90 Å². The summed E-state index contributed by atoms with van der Waals surface area (Å²) in [6, 6.07) is 7.84. The van der Waals surface area contributed by atoms with Gasteiger partial charge in [0.25, 0.3) is 0 Å². The van der Waals surface area contributed by atoms with Gasteiger partial charge >= 0.3 is 0 Å². The Morgan fingerprint density at radius 3 is 2.25 bits per heavy atom. The molecule has 0 radical (unpaired) electrons. The molecule has 0 amide bonds. The Morgan fingerprint density at radius 1 is 1.06 bits per heavy atom. The molecule has 0 unspecified atom stereocenters. The number of benzene rings is 1. The first-order chi connectivity index (χ1) is 7.81. The Hall–Kier alpha value is -1.06. The van der Waals surface area contributed by atoms with Crippen molar-refractivity contribution in [2.24, 2.45) is 0 Å². The molecule has 90 valence electrons. The number of rotatable bonds is 7. The molecule has 0 heterocycles. The van der Waals surface area contributed by atoms with Gasteiger partial charge in [-0.05, 0) is 24.1 Å². The highest BCUT2D eigenvalue weighted by Gasteiger charge is 2.04. The molecule has 3 heteroatoms. The Labute approximate surface area is 97.3 Å². The Balaban J connectivity index is 2.67. The van der Waals surface area contributed by atoms with E-state index >= 15 is 0 Å². The lowest BCUT2D eigenvalue weighted by atomic mass is 10.2. The van der Waals surface area contributed by atoms with Gasteiger partial charge in [-0.2, -0.15) is 0 Å². The summed E-state index contributed by atoms with van der Waals surface area (Å²) in [7, 11) is 0. The third-order valence-corrected chi connectivity index (χ3v) is 2.64. The van der Waals surface area contributed by atoms with Crippen LogP contribution in [0.25, 0.3) is 0 Å². The Morgan fingerprint density at radius 2 is 1.75 bits per heavy atom. The SMILES string of the molecule is CCCCN(CCO)c1ccc(CO)cc1. The number of hydrogen-bond acceptors (Lipinski definition) is 3. The van der Waals surface area contributed by atoms with Crippen molar-refractivity contribution in [1.82, 2.24) is 0 Å². The summed E-state index contributed by atoms with van der Waals surface area (Å²) < 4.78 is 0. The van der Waals surface area contributed by atoms with E-state index in [9.17, 15) is 0 Å². The molecule has 1 aromatic carbocycles. The van der Waals surface area contributed by atoms with E-state index in [4.69, 9.17) is 10.2 Å². The van der Waals surface area contributed by atoms with Crippen molar-refractivity contribution < 1.29 is 10.2 Å². The first kappa shape index (κ1) is 13.0. The molecular weight excluding hydrogens is 202 g/mol. The fourth-order valence-electron chi connectivity index (χ4n) is 1.65. The number of nitrogens with zero attached hydrogens (tertiary/aromatic N) is 1. The average Bonchev–Trinajstić information content (AvgIpc) is 2.35. The van der Waals surface area contributed by atoms with Crippen molar-refractivity contribution in [1.29, 1.82) is 0 Å². The molecule has 1 rings (SSSR count). The van der Waals surface area contributed by atoms with Gasteiger partial charge in [-0.1, -0.05) is 25.5 Å². The molecule has 3 nitrogen and oxygen atoms in total. The van der Waals surface area contributed by atoms with Gasteiger partial charge in [0.15, 0.2) is 0 Å². The van der Waals surface area contributed by atoms with Crippen LogP contribution in [0, 0.1) is 0 Å². The largest absolute Gasteiger partial charge is 0.395 e. The van der Waals surface area contributed by atoms with E-state index in [1.807, 2.05) is 24.3 Å². The molecule has 0 fully saturated rings. The zero-order valence-electron chi connectivity index (χ0n) is 9.89. The quantitative estimate of drug-likeness (QED) is 0.740. The number of aliphatic hydroxyl groups is 2. The highest BCUT2D eigenvalue weighted by Crippen LogP contribution is 2.15. The molecule has 0 aliphatic carbocycles. The maximum Gasteiger partial charge on any atom is 0.0681 e. The van der Waals surface area contributed by atoms with Crippen LogP contribution in [0.15, 0.2) is 24.3 Å². The van der Waals surface area contributed by atoms with Gasteiger partial charge in [0.1, 0.15) is 0 Å². The van der Waals surface area contributed by atoms with Crippen molar-refractivity contribution >= 4 is 5.69 Å². The van der Waals surface area contributed by atoms with Crippen molar-refractivity contribution in [3.05, 3.63) is 29.8 Å². The minimum absolute atomic E-state index is 0.0786. The zero-order chi connectivity index (χ0) is 11.8. The van der Waals surface area contributed by atoms with E-state index < -0.39 is 0 Å². The molecule has 0 bridgehead atoms. The summed E-state index contributed by atoms with van der Waals surface area (Å²) in [5.74, 6) is 0. The van der Waals surface area contributed by atoms with Crippen LogP contribution in [0.5, 0.6) is 0 Å². The van der Waals surface area contributed by atoms with Crippen molar-refractivity contribution in [3.8, 4) is 0 Å². The van der Waals surface area contributed by atoms with Gasteiger partial charge in [0.2, 0.25) is 0 Å². The van der Waals surface area contributed by atoms with Crippen molar-refractivity contribution in [3.63, 3.8) is 0 Å². The van der Waals surface area contributed by atoms with E-state index in [0.29, 0.717) is 6.54 Å². The third-order valence-electron chi connectivity index (χ3n) is 2.64. The summed E-state index contributed by atoms with van der Waals surface area (Å²) in [6.07, 6.45) is 2.28. The lowest BCUT2D eigenvalue weighted by Gasteiger charge is -2.23. The normalized spacial score (nSPS) is 10.4. The molecule has 0 aromatic heterocycles. The number of aliphatic hydroxyl groups excluding tert-OH is 2. The maximum atomic E-state index is 9.02. The molecule has 0 saturated carbocycles. The van der Waals surface area contributed by atoms with Crippen LogP contribution in [0.1, 0.15) is 25.3 Å². The van der Waals surface area contributed by atoms with E-state index in [1.165, 1.54) is 0 Å². The molecule has 1 aromatic rings. The minimum atomic E-state index is 0.0786. The van der Waals surface area contributed by atoms with Crippen LogP contribution >= 0.6 is 0 Å². The van der Waals surface area contributed by atoms with Crippen molar-refractivity contribution in [2.75, 3.05) is 24.6 Å². The number of unbranched alkanes of at least 4 members (excludes halogenated alkanes) is 1. The number of anilines is 1. The van der Waals surface area contributed by atoms with Crippen LogP contribution in [-0.2, 0) is 6.61 Å². The second kappa shape index (κ2) is 7.25. The van der Waals surface area contributed by atoms with Crippen LogP contribution in [0.2, 0.25) is 0 Å². The summed E-state index contributed by atoms with van der Waals surface area (Å²) in [6.45, 7) is 4.04. The molecule has 0 atom stereocenters. The average molecular weight is 223 g/mol. The van der Waals surface area contributed by atoms with Gasteiger partial charge in [0.05, 0.1) is 13.2 Å². The van der Waals surface area contributed by atoms with Gasteiger partial charge in [-0.25, -0.2) is 0 Å². The van der Waals surface area contributed by atoms with Gasteiger partial charge < -0.3 is 15.1 Å². The zero-order valence-corrected chi connectivity index (χ0v) is 9.89. The molecular formula is C13H21NO2. The van der Waals surface area contributed by atoms with Crippen LogP contribution in [0.4, 0.5) is 5.69 Å². The van der Waals surface area contributed by atoms with E-state index in [-0.39, 0.29) is 13.2 Å². The van der Waals surface area contributed by atoms with Gasteiger partial charge in [0, 0.05) is 18.8 Å². The standard InChI is InChI=1S/C13H21NO2/c1-2-3-8-14(9-10-15)13-6-4-12(11-16)5-7-13/h4-7,15-16H,2-3,8-11H2,1H3. The lowest BCUT2D eigenvalue weighted by Crippen LogP contribution is -2.27. The monoisotopic (exact) mass is 223 g/mol. The predicted octanol–water partition coefficient (Wildman–Crippen LogP) is 1.78. The maximum absolute atomic E-state index is 9.02. The number of hydrogen-bond donors (Lipinski definition) is 2. The summed E-state index contributed by atoms with van der Waals surface area (Å²) in [4.78, 5) is 2.17. The molecule has 0 aliphatic rings. The van der Waals surface area contributed by atoms with Gasteiger partial charge in [-0.15, -0.1) is 0 Å². The molecule has 0 spiro atoms. The molecule has 0 saturated heterocycles. The first-order valence-corrected chi connectivity index (χ1v) is 5.87. The van der Waals surface area contributed by atoms with Crippen LogP contribution in [-0.4, -0.2) is 29.9 Å². The fraction of sp³-hybridized carbons (Fsp3) is 0.538. The highest BCUT2D eigenvalue weighted by molar-refractivity contribution is 5.47. The first-order valence-electron chi connectivity index (χ1n) is 5.87. The summed E-state index contributed by atoms with van der Waals surface area (Å²) in [5.41, 5.74) is 2.03. The smallest absolute Gasteiger partial charge is 0.0681 e. The van der Waals surface area contributed by atoms with E-state index in [0.717, 1.165) is 30.6 Å². The summed E-state index contributed by atoms with van der Waals surface area (Å²) >= 11 is 0. The second-order valence-corrected chi connectivity index (χ2v) is 3.89. The highest BCUT2D eigenvalue weighted by atomic mass is 16.3. The molecule has 16 heavy (non-hydrogen) atoms. The third kappa shape index (κ3) is 3.83. The second-order valence-electron chi connectivity index (χ2n) is 3.89. The minimum Gasteiger partial charge on any atom is -0.395 e. The van der Waals surface area contributed by atoms with Crippen molar-refractivity contribution in [2.45, 2.75) is 26.4 Å². The van der Waals surface area contributed by atoms with E-state index in [2.05, 4.69) is 11.8 Å². The lowest BCUT2D eigenvalue weighted by molar-refractivity contribution is 0.282. The Kier molecular flexibility index (Phi) is 5.90. The Bertz CT molecular complexity index is 284. The van der Waals surface area contributed by atoms with E-state index in [1.54, 1.807) is 0 Å². The molecule has 0 aliphatic heterocycles.